The van der Waals surface area contributed by atoms with Crippen LogP contribution in [0.1, 0.15) is 37.5 Å². The zero-order valence-electron chi connectivity index (χ0n) is 13.5. The Kier molecular flexibility index (Phi) is 5.08. The van der Waals surface area contributed by atoms with Gasteiger partial charge in [-0.1, -0.05) is 6.92 Å². The van der Waals surface area contributed by atoms with Gasteiger partial charge in [0, 0.05) is 31.1 Å². The first kappa shape index (κ1) is 16.9. The van der Waals surface area contributed by atoms with Gasteiger partial charge in [0.2, 0.25) is 5.91 Å². The van der Waals surface area contributed by atoms with Gasteiger partial charge >= 0.3 is 0 Å². The second kappa shape index (κ2) is 6.91. The third kappa shape index (κ3) is 3.78. The van der Waals surface area contributed by atoms with Crippen LogP contribution in [-0.4, -0.2) is 49.7 Å². The average Bonchev–Trinajstić information content (AvgIpc) is 3.19. The predicted molar refractivity (Wildman–Crippen MR) is 91.0 cm³/mol. The van der Waals surface area contributed by atoms with E-state index >= 15 is 0 Å². The maximum absolute atomic E-state index is 12.5. The van der Waals surface area contributed by atoms with Crippen molar-refractivity contribution in [2.45, 2.75) is 43.2 Å². The lowest BCUT2D eigenvalue weighted by Gasteiger charge is -2.30. The third-order valence-corrected chi connectivity index (χ3v) is 8.08. The van der Waals surface area contributed by atoms with Crippen molar-refractivity contribution >= 4 is 27.3 Å². The third-order valence-electron chi connectivity index (χ3n) is 4.63. The first-order valence-corrected chi connectivity index (χ1v) is 10.6. The average molecular weight is 357 g/mol. The van der Waals surface area contributed by atoms with Crippen LogP contribution in [0.25, 0.3) is 0 Å². The molecule has 1 atom stereocenters. The summed E-state index contributed by atoms with van der Waals surface area (Å²) in [6.45, 7) is 5.04. The molecule has 0 N–H and O–H groups in total. The van der Waals surface area contributed by atoms with E-state index in [-0.39, 0.29) is 5.91 Å². The van der Waals surface area contributed by atoms with Crippen molar-refractivity contribution in [3.05, 3.63) is 17.0 Å². The minimum atomic E-state index is -3.36. The van der Waals surface area contributed by atoms with Gasteiger partial charge in [0.1, 0.15) is 4.21 Å². The molecule has 1 aromatic rings. The second-order valence-corrected chi connectivity index (χ2v) is 9.93. The van der Waals surface area contributed by atoms with Crippen LogP contribution in [0.5, 0.6) is 0 Å². The minimum absolute atomic E-state index is 0.114. The summed E-state index contributed by atoms with van der Waals surface area (Å²) in [5.41, 5.74) is 0. The highest BCUT2D eigenvalue weighted by molar-refractivity contribution is 7.91. The fraction of sp³-hybridized carbons (Fsp3) is 0.688. The summed E-state index contributed by atoms with van der Waals surface area (Å²) in [6.07, 6.45) is 4.42. The zero-order valence-corrected chi connectivity index (χ0v) is 15.2. The molecule has 2 aliphatic rings. The summed E-state index contributed by atoms with van der Waals surface area (Å²) in [6, 6.07) is 3.44. The SMILES string of the molecule is CC1CCCN(C(=O)Cc2ccc(S(=O)(=O)N3CCCC3)s2)C1. The lowest BCUT2D eigenvalue weighted by atomic mass is 10.00. The first-order valence-electron chi connectivity index (χ1n) is 8.33. The molecule has 0 saturated carbocycles. The topological polar surface area (TPSA) is 57.7 Å². The Morgan fingerprint density at radius 1 is 1.22 bits per heavy atom. The molecule has 5 nitrogen and oxygen atoms in total. The monoisotopic (exact) mass is 356 g/mol. The van der Waals surface area contributed by atoms with Crippen molar-refractivity contribution in [2.24, 2.45) is 5.92 Å². The van der Waals surface area contributed by atoms with Crippen LogP contribution in [0.4, 0.5) is 0 Å². The van der Waals surface area contributed by atoms with Gasteiger partial charge in [-0.3, -0.25) is 4.79 Å². The Hall–Kier alpha value is -0.920. The van der Waals surface area contributed by atoms with Crippen molar-refractivity contribution < 1.29 is 13.2 Å². The number of hydrogen-bond acceptors (Lipinski definition) is 4. The van der Waals surface area contributed by atoms with E-state index < -0.39 is 10.0 Å². The van der Waals surface area contributed by atoms with Gasteiger partial charge in [0.05, 0.1) is 6.42 Å². The van der Waals surface area contributed by atoms with Crippen molar-refractivity contribution in [1.82, 2.24) is 9.21 Å². The standard InChI is InChI=1S/C16H24N2O3S2/c1-13-5-4-8-17(12-13)15(19)11-14-6-7-16(22-14)23(20,21)18-9-2-3-10-18/h6-7,13H,2-5,8-12H2,1H3. The molecular weight excluding hydrogens is 332 g/mol. The van der Waals surface area contributed by atoms with E-state index in [0.29, 0.717) is 29.6 Å². The molecule has 7 heteroatoms. The largest absolute Gasteiger partial charge is 0.342 e. The molecule has 0 radical (unpaired) electrons. The van der Waals surface area contributed by atoms with Crippen LogP contribution in [0.15, 0.2) is 16.3 Å². The number of likely N-dealkylation sites (tertiary alicyclic amines) is 1. The number of carbonyl (C=O) groups excluding carboxylic acids is 1. The fourth-order valence-corrected chi connectivity index (χ4v) is 6.34. The summed E-state index contributed by atoms with van der Waals surface area (Å²) in [7, 11) is -3.36. The molecule has 3 rings (SSSR count). The molecule has 0 aromatic carbocycles. The summed E-state index contributed by atoms with van der Waals surface area (Å²) >= 11 is 1.24. The van der Waals surface area contributed by atoms with E-state index in [2.05, 4.69) is 6.92 Å². The molecule has 2 fully saturated rings. The first-order chi connectivity index (χ1) is 11.0. The van der Waals surface area contributed by atoms with Gasteiger partial charge in [0.15, 0.2) is 0 Å². The van der Waals surface area contributed by atoms with E-state index in [1.54, 1.807) is 16.4 Å². The molecule has 3 heterocycles. The summed E-state index contributed by atoms with van der Waals surface area (Å²) < 4.78 is 27.0. The molecule has 23 heavy (non-hydrogen) atoms. The Morgan fingerprint density at radius 2 is 1.96 bits per heavy atom. The van der Waals surface area contributed by atoms with Gasteiger partial charge in [0.25, 0.3) is 10.0 Å². The Bertz CT molecular complexity index is 663. The second-order valence-electron chi connectivity index (χ2n) is 6.60. The lowest BCUT2D eigenvalue weighted by Crippen LogP contribution is -2.39. The van der Waals surface area contributed by atoms with Crippen molar-refractivity contribution in [1.29, 1.82) is 0 Å². The van der Waals surface area contributed by atoms with Crippen molar-refractivity contribution in [2.75, 3.05) is 26.2 Å². The van der Waals surface area contributed by atoms with Gasteiger partial charge in [-0.15, -0.1) is 11.3 Å². The molecule has 0 bridgehead atoms. The van der Waals surface area contributed by atoms with Crippen molar-refractivity contribution in [3.8, 4) is 0 Å². The molecular formula is C16H24N2O3S2. The summed E-state index contributed by atoms with van der Waals surface area (Å²) in [5, 5.41) is 0. The van der Waals surface area contributed by atoms with Crippen LogP contribution >= 0.6 is 11.3 Å². The van der Waals surface area contributed by atoms with Gasteiger partial charge in [-0.25, -0.2) is 8.42 Å². The highest BCUT2D eigenvalue weighted by atomic mass is 32.2. The number of sulfonamides is 1. The van der Waals surface area contributed by atoms with Crippen LogP contribution in [0.3, 0.4) is 0 Å². The number of piperidine rings is 1. The highest BCUT2D eigenvalue weighted by Crippen LogP contribution is 2.28. The molecule has 128 valence electrons. The minimum Gasteiger partial charge on any atom is -0.342 e. The molecule has 1 unspecified atom stereocenters. The maximum Gasteiger partial charge on any atom is 0.252 e. The van der Waals surface area contributed by atoms with Crippen LogP contribution in [0.2, 0.25) is 0 Å². The quantitative estimate of drug-likeness (QED) is 0.832. The van der Waals surface area contributed by atoms with Crippen LogP contribution < -0.4 is 0 Å². The van der Waals surface area contributed by atoms with E-state index in [1.807, 2.05) is 4.90 Å². The summed E-state index contributed by atoms with van der Waals surface area (Å²) in [5.74, 6) is 0.672. The molecule has 2 saturated heterocycles. The lowest BCUT2D eigenvalue weighted by molar-refractivity contribution is -0.132. The predicted octanol–water partition coefficient (Wildman–Crippen LogP) is 2.33. The number of thiophene rings is 1. The fourth-order valence-electron chi connectivity index (χ4n) is 3.32. The Morgan fingerprint density at radius 3 is 2.65 bits per heavy atom. The Labute approximate surface area is 142 Å². The van der Waals surface area contributed by atoms with Gasteiger partial charge in [-0.05, 0) is 43.7 Å². The van der Waals surface area contributed by atoms with Gasteiger partial charge < -0.3 is 4.90 Å². The molecule has 0 spiro atoms. The zero-order chi connectivity index (χ0) is 16.4. The molecule has 0 aliphatic carbocycles. The smallest absolute Gasteiger partial charge is 0.252 e. The number of carbonyl (C=O) groups is 1. The van der Waals surface area contributed by atoms with E-state index in [0.717, 1.165) is 37.2 Å². The maximum atomic E-state index is 12.5. The summed E-state index contributed by atoms with van der Waals surface area (Å²) in [4.78, 5) is 15.2. The number of amides is 1. The number of rotatable bonds is 4. The van der Waals surface area contributed by atoms with E-state index in [9.17, 15) is 13.2 Å². The van der Waals surface area contributed by atoms with Gasteiger partial charge in [-0.2, -0.15) is 4.31 Å². The molecule has 1 amide bonds. The molecule has 1 aromatic heterocycles. The molecule has 2 aliphatic heterocycles. The highest BCUT2D eigenvalue weighted by Gasteiger charge is 2.29. The normalized spacial score (nSPS) is 23.3. The van der Waals surface area contributed by atoms with E-state index in [1.165, 1.54) is 17.8 Å². The van der Waals surface area contributed by atoms with Crippen LogP contribution in [0, 0.1) is 5.92 Å². The Balaban J connectivity index is 1.66. The number of hydrogen-bond donors (Lipinski definition) is 0. The number of nitrogens with zero attached hydrogens (tertiary/aromatic N) is 2. The van der Waals surface area contributed by atoms with E-state index in [4.69, 9.17) is 0 Å². The van der Waals surface area contributed by atoms with Crippen molar-refractivity contribution in [3.63, 3.8) is 0 Å². The van der Waals surface area contributed by atoms with Crippen LogP contribution in [-0.2, 0) is 21.2 Å².